The number of nitrogens with two attached hydrogens (primary N) is 1. The molecule has 4 aliphatic carbocycles. The molecule has 2 nitrogen and oxygen atoms in total. The van der Waals surface area contributed by atoms with Gasteiger partial charge in [0.2, 0.25) is 0 Å². The molecule has 0 heterocycles. The number of hydrogen-bond acceptors (Lipinski definition) is 2. The molecule has 0 spiro atoms. The second kappa shape index (κ2) is 4.34. The van der Waals surface area contributed by atoms with Gasteiger partial charge in [-0.2, -0.15) is 5.10 Å². The molecule has 0 aromatic carbocycles. The largest absolute Gasteiger partial charge is 0.323 e. The Kier molecular flexibility index (Phi) is 2.76. The first-order valence-electron chi connectivity index (χ1n) is 8.44. The van der Waals surface area contributed by atoms with Gasteiger partial charge in [-0.3, -0.25) is 0 Å². The molecule has 4 aliphatic rings. The van der Waals surface area contributed by atoms with Crippen LogP contribution >= 0.6 is 0 Å². The summed E-state index contributed by atoms with van der Waals surface area (Å²) in [5, 5.41) is 3.86. The van der Waals surface area contributed by atoms with Crippen molar-refractivity contribution in [3.05, 3.63) is 36.0 Å². The van der Waals surface area contributed by atoms with Gasteiger partial charge < -0.3 is 5.84 Å². The van der Waals surface area contributed by atoms with E-state index in [4.69, 9.17) is 5.84 Å². The van der Waals surface area contributed by atoms with E-state index in [1.165, 1.54) is 37.7 Å². The molecule has 2 N–H and O–H groups in total. The van der Waals surface area contributed by atoms with E-state index in [-0.39, 0.29) is 5.41 Å². The number of fused-ring (bicyclic) bond motifs is 5. The maximum absolute atomic E-state index is 5.46. The summed E-state index contributed by atoms with van der Waals surface area (Å²) in [6.07, 6.45) is 18.6. The topological polar surface area (TPSA) is 38.4 Å². The Hall–Kier alpha value is -1.31. The van der Waals surface area contributed by atoms with E-state index in [2.05, 4.69) is 49.3 Å². The fourth-order valence-electron chi connectivity index (χ4n) is 5.73. The maximum atomic E-state index is 5.46. The van der Waals surface area contributed by atoms with E-state index >= 15 is 0 Å². The summed E-state index contributed by atoms with van der Waals surface area (Å²) in [4.78, 5) is 0. The number of hydrogen-bond donors (Lipinski definition) is 1. The molecule has 0 saturated heterocycles. The molecule has 0 radical (unpaired) electrons. The predicted octanol–water partition coefficient (Wildman–Crippen LogP) is 4.21. The minimum absolute atomic E-state index is 0.178. The summed E-state index contributed by atoms with van der Waals surface area (Å²) in [5.74, 6) is 7.86. The minimum atomic E-state index is 0.178. The number of nitrogens with zero attached hydrogens (tertiary/aromatic N) is 1. The molecule has 112 valence electrons. The normalized spacial score (nSPS) is 49.5. The zero-order chi connectivity index (χ0) is 14.7. The van der Waals surface area contributed by atoms with Crippen molar-refractivity contribution in [3.8, 4) is 0 Å². The highest BCUT2D eigenvalue weighted by atomic mass is 15.1. The molecule has 21 heavy (non-hydrogen) atoms. The second-order valence-electron chi connectivity index (χ2n) is 8.00. The minimum Gasteiger partial charge on any atom is -0.323 e. The van der Waals surface area contributed by atoms with Crippen LogP contribution in [0.1, 0.15) is 46.0 Å². The average molecular weight is 282 g/mol. The van der Waals surface area contributed by atoms with Gasteiger partial charge in [0.25, 0.3) is 0 Å². The zero-order valence-corrected chi connectivity index (χ0v) is 13.2. The highest BCUT2D eigenvalue weighted by molar-refractivity contribution is 6.06. The number of rotatable bonds is 0. The van der Waals surface area contributed by atoms with Gasteiger partial charge >= 0.3 is 0 Å². The first-order valence-corrected chi connectivity index (χ1v) is 8.44. The third-order valence-corrected chi connectivity index (χ3v) is 7.06. The van der Waals surface area contributed by atoms with E-state index in [1.54, 1.807) is 0 Å². The van der Waals surface area contributed by atoms with Gasteiger partial charge in [-0.25, -0.2) is 0 Å². The van der Waals surface area contributed by atoms with Crippen LogP contribution in [-0.2, 0) is 0 Å². The number of allylic oxidation sites excluding steroid dienone is 6. The molecule has 0 aromatic heterocycles. The quantitative estimate of drug-likeness (QED) is 0.524. The second-order valence-corrected chi connectivity index (χ2v) is 8.00. The lowest BCUT2D eigenvalue weighted by Gasteiger charge is -2.54. The van der Waals surface area contributed by atoms with Gasteiger partial charge in [0.05, 0.1) is 5.71 Å². The predicted molar refractivity (Wildman–Crippen MR) is 87.8 cm³/mol. The van der Waals surface area contributed by atoms with E-state index in [1.807, 2.05) is 0 Å². The van der Waals surface area contributed by atoms with Crippen LogP contribution in [0.5, 0.6) is 0 Å². The monoisotopic (exact) mass is 282 g/mol. The Balaban J connectivity index is 1.76. The van der Waals surface area contributed by atoms with Crippen molar-refractivity contribution in [2.24, 2.45) is 39.5 Å². The summed E-state index contributed by atoms with van der Waals surface area (Å²) in [6, 6.07) is 0. The van der Waals surface area contributed by atoms with Crippen molar-refractivity contribution in [1.82, 2.24) is 0 Å². The fraction of sp³-hybridized carbons (Fsp3) is 0.632. The van der Waals surface area contributed by atoms with Gasteiger partial charge in [0, 0.05) is 5.41 Å². The molecule has 4 rings (SSSR count). The standard InChI is InChI=1S/C19H26N2/c1-18-9-3-4-16(18)15-6-5-13-12-14(21-20)7-11-19(13,2)17(15)8-10-18/h5-7,11-12,15-17H,3-4,8-10,20H2,1-2H3/t15-,16-,17-,18-,19-/m0/s1. The number of hydrazone groups is 1. The third kappa shape index (κ3) is 1.74. The van der Waals surface area contributed by atoms with E-state index < -0.39 is 0 Å². The van der Waals surface area contributed by atoms with Crippen molar-refractivity contribution in [1.29, 1.82) is 0 Å². The molecular formula is C19H26N2. The molecule has 0 amide bonds. The van der Waals surface area contributed by atoms with Crippen molar-refractivity contribution < 1.29 is 0 Å². The Morgan fingerprint density at radius 1 is 1.14 bits per heavy atom. The first-order chi connectivity index (χ1) is 10.1. The summed E-state index contributed by atoms with van der Waals surface area (Å²) >= 11 is 0. The van der Waals surface area contributed by atoms with Gasteiger partial charge in [-0.1, -0.05) is 38.5 Å². The molecule has 5 atom stereocenters. The Morgan fingerprint density at radius 3 is 2.81 bits per heavy atom. The van der Waals surface area contributed by atoms with Crippen LogP contribution < -0.4 is 5.84 Å². The lowest BCUT2D eigenvalue weighted by molar-refractivity contribution is 0.0265. The van der Waals surface area contributed by atoms with Crippen LogP contribution in [0.25, 0.3) is 0 Å². The SMILES string of the molecule is C[C@@]12CCC[C@H]1[C@@H]1C=CC3=CC(=NN)C=C[C@]3(C)[C@H]1CC2. The first kappa shape index (κ1) is 13.4. The molecule has 0 aliphatic heterocycles. The van der Waals surface area contributed by atoms with Crippen molar-refractivity contribution >= 4 is 5.71 Å². The Labute approximate surface area is 127 Å². The van der Waals surface area contributed by atoms with E-state index in [0.717, 1.165) is 23.5 Å². The molecular weight excluding hydrogens is 256 g/mol. The molecule has 0 bridgehead atoms. The third-order valence-electron chi connectivity index (χ3n) is 7.06. The van der Waals surface area contributed by atoms with Crippen molar-refractivity contribution in [2.75, 3.05) is 0 Å². The summed E-state index contributed by atoms with van der Waals surface area (Å²) in [7, 11) is 0. The highest BCUT2D eigenvalue weighted by Crippen LogP contribution is 2.62. The summed E-state index contributed by atoms with van der Waals surface area (Å²) in [6.45, 7) is 4.96. The van der Waals surface area contributed by atoms with Crippen LogP contribution in [0, 0.1) is 28.6 Å². The molecule has 0 aromatic rings. The van der Waals surface area contributed by atoms with Gasteiger partial charge in [-0.05, 0) is 66.6 Å². The fourth-order valence-corrected chi connectivity index (χ4v) is 5.73. The van der Waals surface area contributed by atoms with Crippen LogP contribution in [-0.4, -0.2) is 5.71 Å². The lowest BCUT2D eigenvalue weighted by atomic mass is 9.50. The van der Waals surface area contributed by atoms with Crippen molar-refractivity contribution in [3.63, 3.8) is 0 Å². The van der Waals surface area contributed by atoms with Crippen LogP contribution in [0.3, 0.4) is 0 Å². The zero-order valence-electron chi connectivity index (χ0n) is 13.2. The van der Waals surface area contributed by atoms with E-state index in [9.17, 15) is 0 Å². The van der Waals surface area contributed by atoms with E-state index in [0.29, 0.717) is 5.41 Å². The molecule has 2 heteroatoms. The van der Waals surface area contributed by atoms with Crippen LogP contribution in [0.2, 0.25) is 0 Å². The van der Waals surface area contributed by atoms with Crippen molar-refractivity contribution in [2.45, 2.75) is 46.0 Å². The smallest absolute Gasteiger partial charge is 0.0827 e. The lowest BCUT2D eigenvalue weighted by Crippen LogP contribution is -2.46. The summed E-state index contributed by atoms with van der Waals surface area (Å²) < 4.78 is 0. The Morgan fingerprint density at radius 2 is 2.00 bits per heavy atom. The molecule has 2 fully saturated rings. The summed E-state index contributed by atoms with van der Waals surface area (Å²) in [5.41, 5.74) is 3.08. The maximum Gasteiger partial charge on any atom is 0.0827 e. The van der Waals surface area contributed by atoms with Gasteiger partial charge in [0.15, 0.2) is 0 Å². The van der Waals surface area contributed by atoms with Crippen LogP contribution in [0.15, 0.2) is 41.1 Å². The molecule has 0 unspecified atom stereocenters. The average Bonchev–Trinajstić information content (AvgIpc) is 2.88. The van der Waals surface area contributed by atoms with Gasteiger partial charge in [-0.15, -0.1) is 0 Å². The Bertz CT molecular complexity index is 582. The van der Waals surface area contributed by atoms with Gasteiger partial charge in [0.1, 0.15) is 0 Å². The van der Waals surface area contributed by atoms with Crippen LogP contribution in [0.4, 0.5) is 0 Å². The molecule has 2 saturated carbocycles. The highest BCUT2D eigenvalue weighted by Gasteiger charge is 2.53.